The van der Waals surface area contributed by atoms with Gasteiger partial charge in [-0.2, -0.15) is 0 Å². The fourth-order valence-electron chi connectivity index (χ4n) is 4.25. The van der Waals surface area contributed by atoms with Gasteiger partial charge in [0.15, 0.2) is 0 Å². The molecule has 0 bridgehead atoms. The first-order valence-corrected chi connectivity index (χ1v) is 9.89. The molecule has 6 heteroatoms. The minimum atomic E-state index is -3.02. The molecule has 124 valence electrons. The van der Waals surface area contributed by atoms with Crippen LogP contribution >= 0.6 is 12.4 Å². The monoisotopic (exact) mass is 336 g/mol. The van der Waals surface area contributed by atoms with Crippen LogP contribution in [0.5, 0.6) is 0 Å². The second kappa shape index (κ2) is 7.16. The van der Waals surface area contributed by atoms with E-state index in [-0.39, 0.29) is 17.8 Å². The van der Waals surface area contributed by atoms with Crippen LogP contribution in [0.15, 0.2) is 0 Å². The summed E-state index contributed by atoms with van der Waals surface area (Å²) in [5.41, 5.74) is 0.283. The Bertz CT molecular complexity index is 429. The Kier molecular flexibility index (Phi) is 5.97. The molecule has 4 nitrogen and oxygen atoms in total. The van der Waals surface area contributed by atoms with Crippen LogP contribution in [0.3, 0.4) is 0 Å². The van der Waals surface area contributed by atoms with E-state index in [1.54, 1.807) is 0 Å². The Morgan fingerprint density at radius 2 is 1.71 bits per heavy atom. The van der Waals surface area contributed by atoms with Crippen molar-refractivity contribution in [1.82, 2.24) is 9.62 Å². The highest BCUT2D eigenvalue weighted by molar-refractivity contribution is 7.89. The molecule has 3 rings (SSSR count). The molecular formula is C15H29ClN2O2S. The third kappa shape index (κ3) is 4.12. The Labute approximate surface area is 135 Å². The van der Waals surface area contributed by atoms with Crippen molar-refractivity contribution in [2.75, 3.05) is 31.9 Å². The van der Waals surface area contributed by atoms with Crippen molar-refractivity contribution >= 4 is 22.4 Å². The molecule has 1 N–H and O–H groups in total. The molecule has 0 unspecified atom stereocenters. The van der Waals surface area contributed by atoms with Gasteiger partial charge in [-0.25, -0.2) is 12.7 Å². The van der Waals surface area contributed by atoms with Crippen molar-refractivity contribution < 1.29 is 8.42 Å². The highest BCUT2D eigenvalue weighted by Crippen LogP contribution is 2.40. The van der Waals surface area contributed by atoms with E-state index in [9.17, 15) is 8.42 Å². The number of sulfonamides is 1. The molecule has 0 aromatic heterocycles. The number of rotatable bonds is 3. The highest BCUT2D eigenvalue weighted by Gasteiger charge is 2.43. The van der Waals surface area contributed by atoms with Crippen LogP contribution < -0.4 is 5.32 Å². The largest absolute Gasteiger partial charge is 0.317 e. The van der Waals surface area contributed by atoms with Crippen molar-refractivity contribution in [3.8, 4) is 0 Å². The molecule has 2 heterocycles. The predicted molar refractivity (Wildman–Crippen MR) is 88.3 cm³/mol. The summed E-state index contributed by atoms with van der Waals surface area (Å²) < 4.78 is 27.1. The van der Waals surface area contributed by atoms with Gasteiger partial charge in [0.05, 0.1) is 5.75 Å². The zero-order valence-corrected chi connectivity index (χ0v) is 14.5. The fraction of sp³-hybridized carbons (Fsp3) is 1.00. The lowest BCUT2D eigenvalue weighted by molar-refractivity contribution is 0.218. The van der Waals surface area contributed by atoms with Gasteiger partial charge in [-0.3, -0.25) is 0 Å². The van der Waals surface area contributed by atoms with Crippen molar-refractivity contribution in [3.63, 3.8) is 0 Å². The zero-order valence-electron chi connectivity index (χ0n) is 12.8. The van der Waals surface area contributed by atoms with Gasteiger partial charge in [-0.1, -0.05) is 19.3 Å². The Morgan fingerprint density at radius 1 is 1.05 bits per heavy atom. The molecule has 3 aliphatic rings. The summed E-state index contributed by atoms with van der Waals surface area (Å²) in [4.78, 5) is 0. The first-order valence-electron chi connectivity index (χ1n) is 8.28. The lowest BCUT2D eigenvalue weighted by atomic mass is 9.78. The first-order chi connectivity index (χ1) is 9.60. The Morgan fingerprint density at radius 3 is 2.38 bits per heavy atom. The summed E-state index contributed by atoms with van der Waals surface area (Å²) >= 11 is 0. The fourth-order valence-corrected chi connectivity index (χ4v) is 6.23. The molecule has 0 aromatic rings. The molecule has 1 spiro atoms. The number of hydrogen-bond donors (Lipinski definition) is 1. The van der Waals surface area contributed by atoms with Crippen molar-refractivity contribution in [1.29, 1.82) is 0 Å². The SMILES string of the molecule is Cl.O=S(=O)(CC1CCCCC1)N1CCC2(CCNCC2)C1. The van der Waals surface area contributed by atoms with E-state index in [0.717, 1.165) is 58.3 Å². The predicted octanol–water partition coefficient (Wildman–Crippen LogP) is 2.39. The van der Waals surface area contributed by atoms with E-state index < -0.39 is 10.0 Å². The van der Waals surface area contributed by atoms with Crippen molar-refractivity contribution in [3.05, 3.63) is 0 Å². The maximum Gasteiger partial charge on any atom is 0.214 e. The zero-order chi connectivity index (χ0) is 14.1. The smallest absolute Gasteiger partial charge is 0.214 e. The summed E-state index contributed by atoms with van der Waals surface area (Å²) in [6.07, 6.45) is 9.30. The molecule has 1 aliphatic carbocycles. The number of halogens is 1. The van der Waals surface area contributed by atoms with Gasteiger partial charge in [-0.15, -0.1) is 12.4 Å². The molecule has 0 atom stereocenters. The second-order valence-electron chi connectivity index (χ2n) is 7.12. The summed E-state index contributed by atoms with van der Waals surface area (Å²) in [5.74, 6) is 0.819. The molecule has 3 fully saturated rings. The third-order valence-corrected chi connectivity index (χ3v) is 7.62. The maximum atomic E-state index is 12.6. The lowest BCUT2D eigenvalue weighted by Gasteiger charge is -2.34. The minimum Gasteiger partial charge on any atom is -0.317 e. The highest BCUT2D eigenvalue weighted by atomic mass is 35.5. The van der Waals surface area contributed by atoms with Gasteiger partial charge < -0.3 is 5.32 Å². The van der Waals surface area contributed by atoms with Crippen LogP contribution in [0.25, 0.3) is 0 Å². The summed E-state index contributed by atoms with van der Waals surface area (Å²) in [5, 5.41) is 3.39. The molecule has 2 aliphatic heterocycles. The van der Waals surface area contributed by atoms with Gasteiger partial charge in [-0.05, 0) is 56.5 Å². The van der Waals surface area contributed by atoms with Crippen LogP contribution in [0.4, 0.5) is 0 Å². The van der Waals surface area contributed by atoms with Crippen molar-refractivity contribution in [2.24, 2.45) is 11.3 Å². The molecule has 1 saturated carbocycles. The van der Waals surface area contributed by atoms with Gasteiger partial charge in [0.1, 0.15) is 0 Å². The quantitative estimate of drug-likeness (QED) is 0.861. The number of nitrogens with one attached hydrogen (secondary N) is 1. The van der Waals surface area contributed by atoms with E-state index >= 15 is 0 Å². The second-order valence-corrected chi connectivity index (χ2v) is 9.13. The molecule has 0 aromatic carbocycles. The van der Waals surface area contributed by atoms with E-state index in [1.807, 2.05) is 4.31 Å². The van der Waals surface area contributed by atoms with Gasteiger partial charge in [0.2, 0.25) is 10.0 Å². The molecule has 2 saturated heterocycles. The summed E-state index contributed by atoms with van der Waals surface area (Å²) in [6, 6.07) is 0. The van der Waals surface area contributed by atoms with Crippen LogP contribution in [-0.2, 0) is 10.0 Å². The normalized spacial score (nSPS) is 27.6. The third-order valence-electron chi connectivity index (χ3n) is 5.63. The Balaban J connectivity index is 0.00000161. The molecule has 21 heavy (non-hydrogen) atoms. The van der Waals surface area contributed by atoms with Gasteiger partial charge in [0, 0.05) is 13.1 Å². The van der Waals surface area contributed by atoms with E-state index in [4.69, 9.17) is 0 Å². The van der Waals surface area contributed by atoms with E-state index in [2.05, 4.69) is 5.32 Å². The van der Waals surface area contributed by atoms with E-state index in [1.165, 1.54) is 19.3 Å². The lowest BCUT2D eigenvalue weighted by Crippen LogP contribution is -2.40. The van der Waals surface area contributed by atoms with Crippen LogP contribution in [-0.4, -0.2) is 44.7 Å². The average Bonchev–Trinajstić information content (AvgIpc) is 2.85. The topological polar surface area (TPSA) is 49.4 Å². The Hall–Kier alpha value is 0.160. The minimum absolute atomic E-state index is 0. The van der Waals surface area contributed by atoms with Crippen LogP contribution in [0.1, 0.15) is 51.4 Å². The average molecular weight is 337 g/mol. The number of nitrogens with zero attached hydrogens (tertiary/aromatic N) is 1. The maximum absolute atomic E-state index is 12.6. The van der Waals surface area contributed by atoms with Crippen molar-refractivity contribution in [2.45, 2.75) is 51.4 Å². The summed E-state index contributed by atoms with van der Waals surface area (Å²) in [6.45, 7) is 3.64. The molecule has 0 amide bonds. The first kappa shape index (κ1) is 17.5. The van der Waals surface area contributed by atoms with Gasteiger partial charge in [0.25, 0.3) is 0 Å². The van der Waals surface area contributed by atoms with Crippen LogP contribution in [0.2, 0.25) is 0 Å². The number of hydrogen-bond acceptors (Lipinski definition) is 3. The van der Waals surface area contributed by atoms with E-state index in [0.29, 0.717) is 11.7 Å². The standard InChI is InChI=1S/C15H28N2O2S.ClH/c18-20(19,12-14-4-2-1-3-5-14)17-11-8-15(13-17)6-9-16-10-7-15;/h14,16H,1-13H2;1H. The molecular weight excluding hydrogens is 308 g/mol. The number of piperidine rings is 1. The van der Waals surface area contributed by atoms with Gasteiger partial charge >= 0.3 is 0 Å². The van der Waals surface area contributed by atoms with Crippen LogP contribution in [0, 0.1) is 11.3 Å². The molecule has 0 radical (unpaired) electrons. The summed E-state index contributed by atoms with van der Waals surface area (Å²) in [7, 11) is -3.02.